The molecule has 0 N–H and O–H groups in total. The number of nitrogens with zero attached hydrogens (tertiary/aromatic N) is 7. The smallest absolute Gasteiger partial charge is 0.260 e. The predicted molar refractivity (Wildman–Crippen MR) is 125 cm³/mol. The van der Waals surface area contributed by atoms with Gasteiger partial charge in [-0.05, 0) is 60.9 Å². The van der Waals surface area contributed by atoms with Crippen molar-refractivity contribution < 1.29 is 4.79 Å². The second-order valence-electron chi connectivity index (χ2n) is 8.41. The lowest BCUT2D eigenvalue weighted by atomic mass is 10.0. The molecule has 1 amide bonds. The van der Waals surface area contributed by atoms with Gasteiger partial charge in [-0.3, -0.25) is 9.69 Å². The Morgan fingerprint density at radius 2 is 1.91 bits per heavy atom. The van der Waals surface area contributed by atoms with E-state index in [0.29, 0.717) is 29.4 Å². The number of anilines is 1. The largest absolute Gasteiger partial charge is 0.310 e. The molecule has 0 fully saturated rings. The molecule has 4 aromatic heterocycles. The normalized spacial score (nSPS) is 13.3. The number of imidazole rings is 1. The monoisotopic (exact) mass is 435 g/mol. The molecule has 0 saturated heterocycles. The van der Waals surface area contributed by atoms with Gasteiger partial charge >= 0.3 is 0 Å². The van der Waals surface area contributed by atoms with Crippen LogP contribution < -0.4 is 4.90 Å². The predicted octanol–water partition coefficient (Wildman–Crippen LogP) is 4.40. The molecule has 0 atom stereocenters. The first kappa shape index (κ1) is 19.4. The van der Waals surface area contributed by atoms with Crippen LogP contribution in [0.2, 0.25) is 0 Å². The average Bonchev–Trinajstić information content (AvgIpc) is 3.57. The minimum Gasteiger partial charge on any atom is -0.310 e. The Morgan fingerprint density at radius 1 is 1.03 bits per heavy atom. The molecule has 162 valence electrons. The fourth-order valence-electron chi connectivity index (χ4n) is 4.26. The molecule has 0 saturated carbocycles. The number of hydrogen-bond donors (Lipinski definition) is 0. The van der Waals surface area contributed by atoms with E-state index in [4.69, 9.17) is 4.98 Å². The van der Waals surface area contributed by atoms with E-state index >= 15 is 0 Å². The summed E-state index contributed by atoms with van der Waals surface area (Å²) in [5.41, 5.74) is 5.30. The molecule has 1 aliphatic rings. The zero-order valence-electron chi connectivity index (χ0n) is 18.3. The first-order valence-corrected chi connectivity index (χ1v) is 10.8. The lowest BCUT2D eigenvalue weighted by molar-refractivity contribution is 0.0996. The Kier molecular flexibility index (Phi) is 4.33. The third-order valence-corrected chi connectivity index (χ3v) is 6.01. The van der Waals surface area contributed by atoms with Crippen LogP contribution in [0.1, 0.15) is 35.8 Å². The van der Waals surface area contributed by atoms with Crippen LogP contribution >= 0.6 is 0 Å². The summed E-state index contributed by atoms with van der Waals surface area (Å²) < 4.78 is 3.94. The van der Waals surface area contributed by atoms with Crippen LogP contribution in [0.3, 0.4) is 0 Å². The van der Waals surface area contributed by atoms with Crippen LogP contribution in [0.5, 0.6) is 0 Å². The molecule has 5 heterocycles. The number of carbonyl (C=O) groups is 1. The highest BCUT2D eigenvalue weighted by Crippen LogP contribution is 2.32. The van der Waals surface area contributed by atoms with Crippen molar-refractivity contribution in [3.05, 3.63) is 84.6 Å². The van der Waals surface area contributed by atoms with Crippen LogP contribution in [0.4, 0.5) is 5.82 Å². The van der Waals surface area contributed by atoms with Crippen molar-refractivity contribution in [1.29, 1.82) is 0 Å². The fraction of sp³-hybridized carbons (Fsp3) is 0.160. The molecular formula is C25H21N7O. The van der Waals surface area contributed by atoms with Crippen LogP contribution in [0.25, 0.3) is 28.3 Å². The van der Waals surface area contributed by atoms with Crippen molar-refractivity contribution in [2.75, 3.05) is 4.90 Å². The SMILES string of the molecule is CC(C)n1cnnc1-c1cccc(N2Cc3ccc(-c4ccc5nccn5c4)cc3C2=O)n1. The van der Waals surface area contributed by atoms with Crippen LogP contribution in [0.15, 0.2) is 73.4 Å². The minimum atomic E-state index is -0.0504. The zero-order chi connectivity index (χ0) is 22.5. The van der Waals surface area contributed by atoms with Crippen molar-refractivity contribution in [2.45, 2.75) is 26.4 Å². The maximum absolute atomic E-state index is 13.4. The van der Waals surface area contributed by atoms with E-state index in [2.05, 4.69) is 35.1 Å². The molecule has 0 aliphatic carbocycles. The van der Waals surface area contributed by atoms with Gasteiger partial charge in [-0.25, -0.2) is 9.97 Å². The van der Waals surface area contributed by atoms with Crippen LogP contribution in [0, 0.1) is 0 Å². The van der Waals surface area contributed by atoms with Gasteiger partial charge in [-0.1, -0.05) is 18.2 Å². The number of carbonyl (C=O) groups excluding carboxylic acids is 1. The number of amides is 1. The van der Waals surface area contributed by atoms with Gasteiger partial charge in [0.25, 0.3) is 5.91 Å². The van der Waals surface area contributed by atoms with Crippen molar-refractivity contribution in [3.63, 3.8) is 0 Å². The third kappa shape index (κ3) is 3.18. The molecule has 1 aromatic carbocycles. The number of fused-ring (bicyclic) bond motifs is 2. The molecule has 0 unspecified atom stereocenters. The van der Waals surface area contributed by atoms with E-state index in [1.807, 2.05) is 63.8 Å². The molecule has 0 bridgehead atoms. The van der Waals surface area contributed by atoms with Gasteiger partial charge in [0.05, 0.1) is 6.54 Å². The Labute approximate surface area is 190 Å². The summed E-state index contributed by atoms with van der Waals surface area (Å²) in [5, 5.41) is 8.27. The lowest BCUT2D eigenvalue weighted by Gasteiger charge is -2.16. The van der Waals surface area contributed by atoms with E-state index in [1.54, 1.807) is 17.4 Å². The van der Waals surface area contributed by atoms with E-state index < -0.39 is 0 Å². The van der Waals surface area contributed by atoms with E-state index in [1.165, 1.54) is 0 Å². The fourth-order valence-corrected chi connectivity index (χ4v) is 4.26. The Bertz CT molecular complexity index is 1510. The Balaban J connectivity index is 1.34. The first-order chi connectivity index (χ1) is 16.1. The van der Waals surface area contributed by atoms with Crippen molar-refractivity contribution >= 4 is 17.4 Å². The second kappa shape index (κ2) is 7.37. The molecule has 5 aromatic rings. The highest BCUT2D eigenvalue weighted by molar-refractivity contribution is 6.10. The zero-order valence-corrected chi connectivity index (χ0v) is 18.3. The minimum absolute atomic E-state index is 0.0504. The second-order valence-corrected chi connectivity index (χ2v) is 8.41. The lowest BCUT2D eigenvalue weighted by Crippen LogP contribution is -2.24. The average molecular weight is 435 g/mol. The number of aromatic nitrogens is 6. The van der Waals surface area contributed by atoms with Gasteiger partial charge < -0.3 is 8.97 Å². The first-order valence-electron chi connectivity index (χ1n) is 10.8. The van der Waals surface area contributed by atoms with Gasteiger partial charge in [0.15, 0.2) is 5.82 Å². The summed E-state index contributed by atoms with van der Waals surface area (Å²) in [6.07, 6.45) is 7.41. The summed E-state index contributed by atoms with van der Waals surface area (Å²) >= 11 is 0. The molecule has 1 aliphatic heterocycles. The quantitative estimate of drug-likeness (QED) is 0.418. The molecule has 8 nitrogen and oxygen atoms in total. The van der Waals surface area contributed by atoms with Gasteiger partial charge in [0.2, 0.25) is 0 Å². The highest BCUT2D eigenvalue weighted by atomic mass is 16.2. The Hall–Kier alpha value is -4.33. The summed E-state index contributed by atoms with van der Waals surface area (Å²) in [6, 6.07) is 15.9. The molecule has 0 radical (unpaired) electrons. The highest BCUT2D eigenvalue weighted by Gasteiger charge is 2.30. The Morgan fingerprint density at radius 3 is 2.79 bits per heavy atom. The summed E-state index contributed by atoms with van der Waals surface area (Å²) in [6.45, 7) is 4.63. The molecule has 33 heavy (non-hydrogen) atoms. The number of rotatable bonds is 4. The number of pyridine rings is 2. The van der Waals surface area contributed by atoms with Crippen molar-refractivity contribution in [1.82, 2.24) is 29.1 Å². The van der Waals surface area contributed by atoms with Gasteiger partial charge in [-0.2, -0.15) is 0 Å². The van der Waals surface area contributed by atoms with Crippen LogP contribution in [-0.2, 0) is 6.54 Å². The number of hydrogen-bond acceptors (Lipinski definition) is 5. The maximum Gasteiger partial charge on any atom is 0.260 e. The van der Waals surface area contributed by atoms with Crippen molar-refractivity contribution in [3.8, 4) is 22.6 Å². The standard InChI is InChI=1S/C25H21N7O/c1-16(2)32-15-27-29-24(32)21-4-3-5-23(28-21)31-14-19-7-6-17(12-20(19)25(31)33)18-8-9-22-26-10-11-30(22)13-18/h3-13,15-16H,14H2,1-2H3. The molecule has 6 rings (SSSR count). The van der Waals surface area contributed by atoms with Crippen molar-refractivity contribution in [2.24, 2.45) is 0 Å². The molecular weight excluding hydrogens is 414 g/mol. The van der Waals surface area contributed by atoms with E-state index in [-0.39, 0.29) is 11.9 Å². The molecule has 0 spiro atoms. The summed E-state index contributed by atoms with van der Waals surface area (Å²) in [4.78, 5) is 24.1. The summed E-state index contributed by atoms with van der Waals surface area (Å²) in [7, 11) is 0. The van der Waals surface area contributed by atoms with Gasteiger partial charge in [0, 0.05) is 30.2 Å². The van der Waals surface area contributed by atoms with E-state index in [9.17, 15) is 4.79 Å². The molecule has 8 heteroatoms. The van der Waals surface area contributed by atoms with Gasteiger partial charge in [-0.15, -0.1) is 10.2 Å². The maximum atomic E-state index is 13.4. The topological polar surface area (TPSA) is 81.2 Å². The van der Waals surface area contributed by atoms with Gasteiger partial charge in [0.1, 0.15) is 23.5 Å². The number of benzene rings is 1. The summed E-state index contributed by atoms with van der Waals surface area (Å²) in [5.74, 6) is 1.24. The third-order valence-electron chi connectivity index (χ3n) is 6.01. The van der Waals surface area contributed by atoms with E-state index in [0.717, 1.165) is 22.3 Å². The van der Waals surface area contributed by atoms with Crippen LogP contribution in [-0.4, -0.2) is 35.0 Å².